The Balaban J connectivity index is 1.20. The van der Waals surface area contributed by atoms with Crippen LogP contribution in [0.5, 0.6) is 5.75 Å². The molecule has 8 rings (SSSR count). The number of imidazole rings is 1. The molecule has 2 heterocycles. The van der Waals surface area contributed by atoms with Crippen LogP contribution in [-0.4, -0.2) is 21.3 Å². The van der Waals surface area contributed by atoms with Crippen molar-refractivity contribution in [2.75, 3.05) is 16.5 Å². The van der Waals surface area contributed by atoms with Gasteiger partial charge in [-0.05, 0) is 117 Å². The largest absolute Gasteiger partial charge is 0.507 e. The van der Waals surface area contributed by atoms with Crippen molar-refractivity contribution in [1.29, 1.82) is 0 Å². The fourth-order valence-corrected chi connectivity index (χ4v) is 8.44. The highest BCUT2D eigenvalue weighted by molar-refractivity contribution is 5.78. The lowest BCUT2D eigenvalue weighted by Crippen LogP contribution is -2.26. The van der Waals surface area contributed by atoms with Crippen LogP contribution in [0.15, 0.2) is 152 Å². The molecule has 1 aromatic heterocycles. The second-order valence-electron chi connectivity index (χ2n) is 17.1. The third-order valence-corrected chi connectivity index (χ3v) is 11.6. The SMILES string of the molecule is CC(C)c1cc(-c2ccccc2)cc(C(C)C)c1N1C=CN(c2cccc(-c3cn(-c4c(C(C)C)cc(-c5ccccc5)cc4C(C)C)c(-c4ccccc4O)n3)c2)C1. The quantitative estimate of drug-likeness (QED) is 0.142. The highest BCUT2D eigenvalue weighted by atomic mass is 16.3. The molecule has 0 saturated carbocycles. The first-order chi connectivity index (χ1) is 28.5. The second kappa shape index (κ2) is 16.5. The Kier molecular flexibility index (Phi) is 11.0. The van der Waals surface area contributed by atoms with Gasteiger partial charge in [0.1, 0.15) is 11.6 Å². The van der Waals surface area contributed by atoms with E-state index in [0.29, 0.717) is 29.9 Å². The van der Waals surface area contributed by atoms with Crippen LogP contribution in [0.1, 0.15) is 101 Å². The number of aromatic nitrogens is 2. The summed E-state index contributed by atoms with van der Waals surface area (Å²) in [5.41, 5.74) is 16.2. The van der Waals surface area contributed by atoms with E-state index in [2.05, 4.69) is 198 Å². The molecule has 0 aliphatic carbocycles. The predicted molar refractivity (Wildman–Crippen MR) is 249 cm³/mol. The Bertz CT molecular complexity index is 2560. The molecule has 5 nitrogen and oxygen atoms in total. The molecule has 298 valence electrons. The lowest BCUT2D eigenvalue weighted by molar-refractivity contribution is 0.477. The maximum Gasteiger partial charge on any atom is 0.148 e. The van der Waals surface area contributed by atoms with E-state index in [-0.39, 0.29) is 17.6 Å². The monoisotopic (exact) mass is 776 g/mol. The maximum absolute atomic E-state index is 11.3. The van der Waals surface area contributed by atoms with Gasteiger partial charge >= 0.3 is 0 Å². The number of aromatic hydroxyl groups is 1. The van der Waals surface area contributed by atoms with E-state index in [0.717, 1.165) is 22.6 Å². The highest BCUT2D eigenvalue weighted by Crippen LogP contribution is 2.43. The first-order valence-electron chi connectivity index (χ1n) is 21.1. The second-order valence-corrected chi connectivity index (χ2v) is 17.1. The molecular weight excluding hydrogens is 721 g/mol. The number of phenols is 1. The minimum Gasteiger partial charge on any atom is -0.507 e. The molecule has 1 N–H and O–H groups in total. The van der Waals surface area contributed by atoms with Crippen molar-refractivity contribution >= 4 is 11.4 Å². The first-order valence-corrected chi connectivity index (χ1v) is 21.1. The van der Waals surface area contributed by atoms with E-state index >= 15 is 0 Å². The Morgan fingerprint density at radius 3 is 1.47 bits per heavy atom. The number of benzene rings is 6. The summed E-state index contributed by atoms with van der Waals surface area (Å²) in [6, 6.07) is 47.1. The number of hydrogen-bond donors (Lipinski definition) is 1. The minimum absolute atomic E-state index is 0.207. The Morgan fingerprint density at radius 2 is 0.949 bits per heavy atom. The summed E-state index contributed by atoms with van der Waals surface area (Å²) in [6.45, 7) is 18.9. The zero-order chi connectivity index (χ0) is 41.4. The zero-order valence-electron chi connectivity index (χ0n) is 35.7. The predicted octanol–water partition coefficient (Wildman–Crippen LogP) is 14.5. The average Bonchev–Trinajstić information content (AvgIpc) is 3.92. The smallest absolute Gasteiger partial charge is 0.148 e. The van der Waals surface area contributed by atoms with E-state index in [1.54, 1.807) is 6.07 Å². The Labute approximate surface area is 351 Å². The molecule has 0 radical (unpaired) electrons. The van der Waals surface area contributed by atoms with Crippen LogP contribution in [0.4, 0.5) is 11.4 Å². The number of para-hydroxylation sites is 1. The van der Waals surface area contributed by atoms with Crippen molar-refractivity contribution in [3.63, 3.8) is 0 Å². The first kappa shape index (κ1) is 39.5. The molecule has 5 heteroatoms. The van der Waals surface area contributed by atoms with Gasteiger partial charge in [-0.25, -0.2) is 4.98 Å². The van der Waals surface area contributed by atoms with E-state index in [1.165, 1.54) is 50.2 Å². The van der Waals surface area contributed by atoms with E-state index in [9.17, 15) is 5.11 Å². The molecule has 59 heavy (non-hydrogen) atoms. The van der Waals surface area contributed by atoms with Gasteiger partial charge in [0.25, 0.3) is 0 Å². The van der Waals surface area contributed by atoms with Gasteiger partial charge in [0, 0.05) is 35.5 Å². The van der Waals surface area contributed by atoms with Gasteiger partial charge in [-0.15, -0.1) is 0 Å². The fraction of sp³-hybridized carbons (Fsp3) is 0.241. The molecule has 6 aromatic carbocycles. The standard InChI is InChI=1S/C54H56N4O/c1-35(2)46-29-42(39-18-11-9-12-19-39)30-47(36(3)4)52(46)57-27-26-56(34-57)44-23-17-22-41(28-44)50-33-58(54(55-50)45-24-15-16-25-51(45)59)53-48(37(5)6)31-43(32-49(53)38(7)8)40-20-13-10-14-21-40/h9-33,35-38,59H,34H2,1-8H3. The summed E-state index contributed by atoms with van der Waals surface area (Å²) in [7, 11) is 0. The molecule has 0 bridgehead atoms. The van der Waals surface area contributed by atoms with E-state index < -0.39 is 0 Å². The molecule has 7 aromatic rings. The van der Waals surface area contributed by atoms with Crippen molar-refractivity contribution in [3.8, 4) is 56.3 Å². The molecule has 0 atom stereocenters. The highest BCUT2D eigenvalue weighted by Gasteiger charge is 2.26. The zero-order valence-corrected chi connectivity index (χ0v) is 35.7. The van der Waals surface area contributed by atoms with Gasteiger partial charge in [0.15, 0.2) is 0 Å². The summed E-state index contributed by atoms with van der Waals surface area (Å²) in [6.07, 6.45) is 6.59. The third-order valence-electron chi connectivity index (χ3n) is 11.6. The van der Waals surface area contributed by atoms with Crippen molar-refractivity contribution in [2.45, 2.75) is 79.1 Å². The normalized spacial score (nSPS) is 12.9. The van der Waals surface area contributed by atoms with Crippen LogP contribution in [0.3, 0.4) is 0 Å². The van der Waals surface area contributed by atoms with Crippen molar-refractivity contribution < 1.29 is 5.11 Å². The van der Waals surface area contributed by atoms with Crippen molar-refractivity contribution in [1.82, 2.24) is 9.55 Å². The number of nitrogens with zero attached hydrogens (tertiary/aromatic N) is 4. The minimum atomic E-state index is 0.207. The molecule has 0 fully saturated rings. The maximum atomic E-state index is 11.3. The van der Waals surface area contributed by atoms with Gasteiger partial charge in [-0.3, -0.25) is 4.57 Å². The van der Waals surface area contributed by atoms with E-state index in [1.807, 2.05) is 18.2 Å². The summed E-state index contributed by atoms with van der Waals surface area (Å²) < 4.78 is 2.23. The van der Waals surface area contributed by atoms with Gasteiger partial charge in [0.05, 0.1) is 23.6 Å². The molecule has 1 aliphatic rings. The van der Waals surface area contributed by atoms with Gasteiger partial charge in [-0.2, -0.15) is 0 Å². The Morgan fingerprint density at radius 1 is 0.475 bits per heavy atom. The number of phenolic OH excluding ortho intramolecular Hbond substituents is 1. The van der Waals surface area contributed by atoms with Crippen LogP contribution >= 0.6 is 0 Å². The summed E-state index contributed by atoms with van der Waals surface area (Å²) in [4.78, 5) is 10.1. The average molecular weight is 777 g/mol. The van der Waals surface area contributed by atoms with Crippen LogP contribution in [0.2, 0.25) is 0 Å². The fourth-order valence-electron chi connectivity index (χ4n) is 8.44. The van der Waals surface area contributed by atoms with Crippen molar-refractivity contribution in [2.24, 2.45) is 0 Å². The van der Waals surface area contributed by atoms with Crippen molar-refractivity contribution in [3.05, 3.63) is 174 Å². The van der Waals surface area contributed by atoms with Crippen LogP contribution in [-0.2, 0) is 0 Å². The summed E-state index contributed by atoms with van der Waals surface area (Å²) in [5, 5.41) is 11.3. The molecule has 0 amide bonds. The molecular formula is C54H56N4O. The number of anilines is 2. The van der Waals surface area contributed by atoms with Crippen LogP contribution in [0, 0.1) is 0 Å². The van der Waals surface area contributed by atoms with Crippen LogP contribution in [0.25, 0.3) is 50.6 Å². The number of hydrogen-bond acceptors (Lipinski definition) is 4. The lowest BCUT2D eigenvalue weighted by atomic mass is 9.88. The Hall–Kier alpha value is -6.33. The lowest BCUT2D eigenvalue weighted by Gasteiger charge is -2.29. The molecule has 0 saturated heterocycles. The number of rotatable bonds is 11. The van der Waals surface area contributed by atoms with E-state index in [4.69, 9.17) is 4.98 Å². The molecule has 1 aliphatic heterocycles. The molecule has 0 unspecified atom stereocenters. The topological polar surface area (TPSA) is 44.5 Å². The summed E-state index contributed by atoms with van der Waals surface area (Å²) >= 11 is 0. The van der Waals surface area contributed by atoms with Gasteiger partial charge < -0.3 is 14.9 Å². The summed E-state index contributed by atoms with van der Waals surface area (Å²) in [5.74, 6) is 2.11. The van der Waals surface area contributed by atoms with Gasteiger partial charge in [0.2, 0.25) is 0 Å². The van der Waals surface area contributed by atoms with Crippen LogP contribution < -0.4 is 9.80 Å². The third kappa shape index (κ3) is 7.82. The van der Waals surface area contributed by atoms with Gasteiger partial charge in [-0.1, -0.05) is 140 Å². The molecule has 0 spiro atoms.